The van der Waals surface area contributed by atoms with Crippen molar-refractivity contribution in [3.63, 3.8) is 0 Å². The van der Waals surface area contributed by atoms with E-state index in [-0.39, 0.29) is 19.1 Å². The van der Waals surface area contributed by atoms with Crippen molar-refractivity contribution in [2.24, 2.45) is 5.73 Å². The number of esters is 1. The molecule has 5 heteroatoms. The van der Waals surface area contributed by atoms with Gasteiger partial charge in [0.1, 0.15) is 0 Å². The molecule has 0 radical (unpaired) electrons. The van der Waals surface area contributed by atoms with E-state index in [1.54, 1.807) is 17.9 Å². The SMILES string of the molecule is C=CCN(CC(N)=O)CC(=O)OCC. The number of hydrogen-bond acceptors (Lipinski definition) is 4. The molecular weight excluding hydrogens is 184 g/mol. The summed E-state index contributed by atoms with van der Waals surface area (Å²) >= 11 is 0. The number of primary amides is 1. The van der Waals surface area contributed by atoms with Gasteiger partial charge in [0.25, 0.3) is 0 Å². The number of carbonyl (C=O) groups excluding carboxylic acids is 2. The minimum Gasteiger partial charge on any atom is -0.465 e. The Morgan fingerprint density at radius 2 is 2.14 bits per heavy atom. The summed E-state index contributed by atoms with van der Waals surface area (Å²) in [4.78, 5) is 23.2. The molecule has 0 fully saturated rings. The highest BCUT2D eigenvalue weighted by Gasteiger charge is 2.11. The fraction of sp³-hybridized carbons (Fsp3) is 0.556. The third-order valence-electron chi connectivity index (χ3n) is 1.42. The van der Waals surface area contributed by atoms with E-state index in [9.17, 15) is 9.59 Å². The molecule has 0 aromatic heterocycles. The van der Waals surface area contributed by atoms with E-state index in [4.69, 9.17) is 10.5 Å². The number of ether oxygens (including phenoxy) is 1. The van der Waals surface area contributed by atoms with Crippen molar-refractivity contribution in [2.75, 3.05) is 26.2 Å². The molecular formula is C9H16N2O3. The van der Waals surface area contributed by atoms with E-state index in [1.807, 2.05) is 0 Å². The minimum atomic E-state index is -0.476. The first-order chi connectivity index (χ1) is 6.60. The highest BCUT2D eigenvalue weighted by Crippen LogP contribution is 1.90. The molecule has 80 valence electrons. The van der Waals surface area contributed by atoms with Gasteiger partial charge >= 0.3 is 5.97 Å². The first-order valence-electron chi connectivity index (χ1n) is 4.37. The van der Waals surface area contributed by atoms with E-state index < -0.39 is 5.91 Å². The van der Waals surface area contributed by atoms with Crippen LogP contribution in [0.3, 0.4) is 0 Å². The maximum Gasteiger partial charge on any atom is 0.320 e. The van der Waals surface area contributed by atoms with Crippen LogP contribution in [0.15, 0.2) is 12.7 Å². The molecule has 0 rings (SSSR count). The predicted octanol–water partition coefficient (Wildman–Crippen LogP) is -0.477. The number of carbonyl (C=O) groups is 2. The van der Waals surface area contributed by atoms with E-state index in [2.05, 4.69) is 6.58 Å². The van der Waals surface area contributed by atoms with Gasteiger partial charge < -0.3 is 10.5 Å². The monoisotopic (exact) mass is 200 g/mol. The first-order valence-corrected chi connectivity index (χ1v) is 4.37. The van der Waals surface area contributed by atoms with Gasteiger partial charge in [0.2, 0.25) is 5.91 Å². The van der Waals surface area contributed by atoms with Crippen LogP contribution in [-0.4, -0.2) is 43.0 Å². The summed E-state index contributed by atoms with van der Waals surface area (Å²) in [5, 5.41) is 0. The normalized spacial score (nSPS) is 9.86. The van der Waals surface area contributed by atoms with E-state index in [1.165, 1.54) is 0 Å². The Hall–Kier alpha value is -1.36. The molecule has 0 aliphatic rings. The number of nitrogens with zero attached hydrogens (tertiary/aromatic N) is 1. The van der Waals surface area contributed by atoms with E-state index >= 15 is 0 Å². The fourth-order valence-corrected chi connectivity index (χ4v) is 0.977. The molecule has 1 amide bonds. The molecule has 14 heavy (non-hydrogen) atoms. The van der Waals surface area contributed by atoms with Crippen LogP contribution in [0.2, 0.25) is 0 Å². The number of hydrogen-bond donors (Lipinski definition) is 1. The summed E-state index contributed by atoms with van der Waals surface area (Å²) < 4.78 is 4.73. The van der Waals surface area contributed by atoms with Crippen LogP contribution in [0, 0.1) is 0 Å². The zero-order valence-corrected chi connectivity index (χ0v) is 8.36. The Bertz CT molecular complexity index is 216. The second kappa shape index (κ2) is 7.08. The summed E-state index contributed by atoms with van der Waals surface area (Å²) in [6, 6.07) is 0. The van der Waals surface area contributed by atoms with Crippen LogP contribution in [0.1, 0.15) is 6.92 Å². The quantitative estimate of drug-likeness (QED) is 0.445. The third kappa shape index (κ3) is 6.19. The second-order valence-electron chi connectivity index (χ2n) is 2.73. The zero-order chi connectivity index (χ0) is 11.0. The lowest BCUT2D eigenvalue weighted by Crippen LogP contribution is -2.38. The Balaban J connectivity index is 4.00. The van der Waals surface area contributed by atoms with Crippen molar-refractivity contribution in [1.82, 2.24) is 4.90 Å². The van der Waals surface area contributed by atoms with Crippen molar-refractivity contribution in [3.8, 4) is 0 Å². The van der Waals surface area contributed by atoms with Gasteiger partial charge in [0, 0.05) is 6.54 Å². The Kier molecular flexibility index (Phi) is 6.39. The lowest BCUT2D eigenvalue weighted by Gasteiger charge is -2.17. The highest BCUT2D eigenvalue weighted by atomic mass is 16.5. The minimum absolute atomic E-state index is 0.0326. The number of rotatable bonds is 7. The zero-order valence-electron chi connectivity index (χ0n) is 8.36. The van der Waals surface area contributed by atoms with Crippen LogP contribution in [0.4, 0.5) is 0 Å². The van der Waals surface area contributed by atoms with Crippen molar-refractivity contribution in [1.29, 1.82) is 0 Å². The number of nitrogens with two attached hydrogens (primary N) is 1. The Morgan fingerprint density at radius 3 is 2.57 bits per heavy atom. The van der Waals surface area contributed by atoms with Gasteiger partial charge in [-0.1, -0.05) is 6.08 Å². The summed E-state index contributed by atoms with van der Waals surface area (Å²) in [6.07, 6.45) is 1.60. The van der Waals surface area contributed by atoms with Gasteiger partial charge in [-0.3, -0.25) is 14.5 Å². The summed E-state index contributed by atoms with van der Waals surface area (Å²) in [5.74, 6) is -0.841. The van der Waals surface area contributed by atoms with Gasteiger partial charge in [-0.25, -0.2) is 0 Å². The van der Waals surface area contributed by atoms with Crippen molar-refractivity contribution in [3.05, 3.63) is 12.7 Å². The summed E-state index contributed by atoms with van der Waals surface area (Å²) in [6.45, 7) is 6.10. The summed E-state index contributed by atoms with van der Waals surface area (Å²) in [5.41, 5.74) is 5.01. The van der Waals surface area contributed by atoms with Gasteiger partial charge in [0.05, 0.1) is 19.7 Å². The fourth-order valence-electron chi connectivity index (χ4n) is 0.977. The molecule has 0 aromatic rings. The topological polar surface area (TPSA) is 72.6 Å². The highest BCUT2D eigenvalue weighted by molar-refractivity contribution is 5.77. The van der Waals surface area contributed by atoms with E-state index in [0.717, 1.165) is 0 Å². The maximum absolute atomic E-state index is 11.1. The first kappa shape index (κ1) is 12.6. The lowest BCUT2D eigenvalue weighted by molar-refractivity contribution is -0.144. The standard InChI is InChI=1S/C9H16N2O3/c1-3-5-11(6-8(10)12)7-9(13)14-4-2/h3H,1,4-7H2,2H3,(H2,10,12). The molecule has 0 atom stereocenters. The molecule has 0 aliphatic carbocycles. The molecule has 0 aromatic carbocycles. The third-order valence-corrected chi connectivity index (χ3v) is 1.42. The van der Waals surface area contributed by atoms with Crippen molar-refractivity contribution < 1.29 is 14.3 Å². The molecule has 5 nitrogen and oxygen atoms in total. The average Bonchev–Trinajstić information content (AvgIpc) is 2.03. The molecule has 0 bridgehead atoms. The molecule has 0 heterocycles. The molecule has 0 saturated carbocycles. The summed E-state index contributed by atoms with van der Waals surface area (Å²) in [7, 11) is 0. The molecule has 0 saturated heterocycles. The predicted molar refractivity (Wildman–Crippen MR) is 52.5 cm³/mol. The smallest absolute Gasteiger partial charge is 0.320 e. The van der Waals surface area contributed by atoms with Gasteiger partial charge in [-0.15, -0.1) is 6.58 Å². The van der Waals surface area contributed by atoms with E-state index in [0.29, 0.717) is 13.2 Å². The Labute approximate surface area is 83.5 Å². The van der Waals surface area contributed by atoms with Crippen LogP contribution in [0.5, 0.6) is 0 Å². The second-order valence-corrected chi connectivity index (χ2v) is 2.73. The van der Waals surface area contributed by atoms with Crippen LogP contribution in [0.25, 0.3) is 0 Å². The maximum atomic E-state index is 11.1. The van der Waals surface area contributed by atoms with Crippen molar-refractivity contribution in [2.45, 2.75) is 6.92 Å². The van der Waals surface area contributed by atoms with Crippen molar-refractivity contribution >= 4 is 11.9 Å². The molecule has 0 unspecified atom stereocenters. The van der Waals surface area contributed by atoms with Crippen LogP contribution >= 0.6 is 0 Å². The molecule has 0 spiro atoms. The van der Waals surface area contributed by atoms with Crippen LogP contribution < -0.4 is 5.73 Å². The Morgan fingerprint density at radius 1 is 1.50 bits per heavy atom. The van der Waals surface area contributed by atoms with Gasteiger partial charge in [-0.2, -0.15) is 0 Å². The van der Waals surface area contributed by atoms with Crippen LogP contribution in [-0.2, 0) is 14.3 Å². The molecule has 0 aliphatic heterocycles. The largest absolute Gasteiger partial charge is 0.465 e. The lowest BCUT2D eigenvalue weighted by atomic mass is 10.4. The number of amides is 1. The average molecular weight is 200 g/mol. The molecule has 2 N–H and O–H groups in total. The van der Waals surface area contributed by atoms with Gasteiger partial charge in [0.15, 0.2) is 0 Å². The van der Waals surface area contributed by atoms with Gasteiger partial charge in [-0.05, 0) is 6.92 Å².